The van der Waals surface area contributed by atoms with E-state index < -0.39 is 11.6 Å². The molecular weight excluding hydrogens is 278 g/mol. The average Bonchev–Trinajstić information content (AvgIpc) is 3.17. The summed E-state index contributed by atoms with van der Waals surface area (Å²) < 4.78 is 37.9. The Labute approximate surface area is 121 Å². The van der Waals surface area contributed by atoms with E-state index in [0.29, 0.717) is 29.6 Å². The van der Waals surface area contributed by atoms with Crippen LogP contribution in [0.5, 0.6) is 5.75 Å². The van der Waals surface area contributed by atoms with Crippen molar-refractivity contribution >= 4 is 0 Å². The number of rotatable bonds is 6. The van der Waals surface area contributed by atoms with Gasteiger partial charge in [-0.3, -0.25) is 0 Å². The van der Waals surface area contributed by atoms with Crippen LogP contribution in [-0.4, -0.2) is 11.2 Å². The summed E-state index contributed by atoms with van der Waals surface area (Å²) in [5, 5.41) is 6.92. The van der Waals surface area contributed by atoms with Crippen molar-refractivity contribution < 1.29 is 18.0 Å². The molecule has 1 saturated carbocycles. The fourth-order valence-electron chi connectivity index (χ4n) is 2.03. The largest absolute Gasteiger partial charge is 0.481 e. The Morgan fingerprint density at radius 2 is 2.00 bits per heavy atom. The highest BCUT2D eigenvalue weighted by molar-refractivity contribution is 5.31. The molecule has 0 atom stereocenters. The van der Waals surface area contributed by atoms with Crippen LogP contribution in [0.1, 0.15) is 29.9 Å². The molecular formula is C15H16F2N2O2. The predicted octanol–water partition coefficient (Wildman–Crippen LogP) is 3.09. The van der Waals surface area contributed by atoms with Gasteiger partial charge in [-0.15, -0.1) is 0 Å². The number of aromatic nitrogens is 1. The van der Waals surface area contributed by atoms with Crippen LogP contribution < -0.4 is 10.1 Å². The van der Waals surface area contributed by atoms with Crippen LogP contribution >= 0.6 is 0 Å². The fourth-order valence-corrected chi connectivity index (χ4v) is 2.03. The maximum absolute atomic E-state index is 13.9. The smallest absolute Gasteiger partial charge is 0.191 e. The maximum Gasteiger partial charge on any atom is 0.191 e. The van der Waals surface area contributed by atoms with Gasteiger partial charge in [-0.25, -0.2) is 8.78 Å². The molecule has 4 nitrogen and oxygen atoms in total. The molecule has 0 radical (unpaired) electrons. The molecule has 0 saturated heterocycles. The minimum atomic E-state index is -0.706. The summed E-state index contributed by atoms with van der Waals surface area (Å²) in [6.07, 6.45) is 2.26. The molecule has 1 aliphatic rings. The zero-order valence-corrected chi connectivity index (χ0v) is 11.7. The summed E-state index contributed by atoms with van der Waals surface area (Å²) in [5.41, 5.74) is 1.06. The van der Waals surface area contributed by atoms with Crippen molar-refractivity contribution in [3.8, 4) is 5.75 Å². The molecule has 0 unspecified atom stereocenters. The number of benzene rings is 1. The van der Waals surface area contributed by atoms with Crippen molar-refractivity contribution in [3.05, 3.63) is 46.9 Å². The molecule has 3 rings (SSSR count). The summed E-state index contributed by atoms with van der Waals surface area (Å²) in [6, 6.07) is 4.73. The summed E-state index contributed by atoms with van der Waals surface area (Å²) in [5.74, 6) is -1.17. The van der Waals surface area contributed by atoms with E-state index in [4.69, 9.17) is 9.26 Å². The van der Waals surface area contributed by atoms with Crippen molar-refractivity contribution in [2.24, 2.45) is 0 Å². The quantitative estimate of drug-likeness (QED) is 0.889. The van der Waals surface area contributed by atoms with Crippen molar-refractivity contribution in [2.45, 2.75) is 39.0 Å². The molecule has 21 heavy (non-hydrogen) atoms. The highest BCUT2D eigenvalue weighted by Gasteiger charge is 2.21. The van der Waals surface area contributed by atoms with Crippen LogP contribution in [0.4, 0.5) is 8.78 Å². The Morgan fingerprint density at radius 1 is 1.29 bits per heavy atom. The van der Waals surface area contributed by atoms with Gasteiger partial charge in [0, 0.05) is 18.7 Å². The molecule has 1 heterocycles. The third-order valence-electron chi connectivity index (χ3n) is 3.27. The molecule has 1 aromatic carbocycles. The van der Waals surface area contributed by atoms with Gasteiger partial charge < -0.3 is 14.6 Å². The van der Waals surface area contributed by atoms with E-state index in [9.17, 15) is 8.78 Å². The van der Waals surface area contributed by atoms with E-state index >= 15 is 0 Å². The lowest BCUT2D eigenvalue weighted by Crippen LogP contribution is -2.15. The van der Waals surface area contributed by atoms with Gasteiger partial charge in [0.05, 0.1) is 0 Å². The van der Waals surface area contributed by atoms with Crippen LogP contribution in [-0.2, 0) is 13.2 Å². The topological polar surface area (TPSA) is 47.3 Å². The van der Waals surface area contributed by atoms with Crippen LogP contribution in [0.15, 0.2) is 22.7 Å². The van der Waals surface area contributed by atoms with E-state index in [2.05, 4.69) is 10.5 Å². The first-order valence-corrected chi connectivity index (χ1v) is 6.88. The van der Waals surface area contributed by atoms with E-state index in [1.807, 2.05) is 0 Å². The predicted molar refractivity (Wildman–Crippen MR) is 71.8 cm³/mol. The average molecular weight is 294 g/mol. The number of aryl methyl sites for hydroxylation is 1. The SMILES string of the molecule is Cc1cc(COc2c(F)cc(CNC3CC3)cc2F)no1. The summed E-state index contributed by atoms with van der Waals surface area (Å²) in [7, 11) is 0. The van der Waals surface area contributed by atoms with Gasteiger partial charge in [0.25, 0.3) is 0 Å². The van der Waals surface area contributed by atoms with Gasteiger partial charge in [-0.2, -0.15) is 0 Å². The zero-order chi connectivity index (χ0) is 14.8. The number of halogens is 2. The minimum Gasteiger partial charge on any atom is -0.481 e. The number of nitrogens with one attached hydrogen (secondary N) is 1. The molecule has 0 amide bonds. The summed E-state index contributed by atoms with van der Waals surface area (Å²) in [4.78, 5) is 0. The van der Waals surface area contributed by atoms with Crippen molar-refractivity contribution in [1.29, 1.82) is 0 Å². The number of ether oxygens (including phenoxy) is 1. The molecule has 1 N–H and O–H groups in total. The highest BCUT2D eigenvalue weighted by Crippen LogP contribution is 2.25. The Kier molecular flexibility index (Phi) is 3.88. The normalized spacial score (nSPS) is 14.4. The lowest BCUT2D eigenvalue weighted by molar-refractivity contribution is 0.261. The van der Waals surface area contributed by atoms with Gasteiger partial charge in [-0.05, 0) is 37.5 Å². The van der Waals surface area contributed by atoms with E-state index in [1.54, 1.807) is 13.0 Å². The van der Waals surface area contributed by atoms with E-state index in [1.165, 1.54) is 12.1 Å². The van der Waals surface area contributed by atoms with Crippen LogP contribution in [0, 0.1) is 18.6 Å². The van der Waals surface area contributed by atoms with Crippen LogP contribution in [0.25, 0.3) is 0 Å². The van der Waals surface area contributed by atoms with E-state index in [-0.39, 0.29) is 12.4 Å². The molecule has 2 aromatic rings. The monoisotopic (exact) mass is 294 g/mol. The molecule has 112 valence electrons. The lowest BCUT2D eigenvalue weighted by atomic mass is 10.2. The fraction of sp³-hybridized carbons (Fsp3) is 0.400. The Hall–Kier alpha value is -1.95. The molecule has 6 heteroatoms. The van der Waals surface area contributed by atoms with Crippen molar-refractivity contribution in [3.63, 3.8) is 0 Å². The second kappa shape index (κ2) is 5.81. The lowest BCUT2D eigenvalue weighted by Gasteiger charge is -2.09. The standard InChI is InChI=1S/C15H16F2N2O2/c1-9-4-12(19-21-9)8-20-15-13(16)5-10(6-14(15)17)7-18-11-2-3-11/h4-6,11,18H,2-3,7-8H2,1H3. The highest BCUT2D eigenvalue weighted by atomic mass is 19.1. The van der Waals surface area contributed by atoms with Crippen molar-refractivity contribution in [2.75, 3.05) is 0 Å². The van der Waals surface area contributed by atoms with Crippen LogP contribution in [0.2, 0.25) is 0 Å². The van der Waals surface area contributed by atoms with Gasteiger partial charge in [-0.1, -0.05) is 5.16 Å². The molecule has 1 aromatic heterocycles. The molecule has 1 aliphatic carbocycles. The van der Waals surface area contributed by atoms with Crippen LogP contribution in [0.3, 0.4) is 0 Å². The second-order valence-corrected chi connectivity index (χ2v) is 5.26. The zero-order valence-electron chi connectivity index (χ0n) is 11.7. The van der Waals surface area contributed by atoms with Gasteiger partial charge in [0.15, 0.2) is 17.4 Å². The first-order valence-electron chi connectivity index (χ1n) is 6.88. The van der Waals surface area contributed by atoms with Gasteiger partial charge in [0.2, 0.25) is 0 Å². The Bertz CT molecular complexity index is 615. The van der Waals surface area contributed by atoms with Gasteiger partial charge in [0.1, 0.15) is 18.1 Å². The number of nitrogens with zero attached hydrogens (tertiary/aromatic N) is 1. The number of hydrogen-bond donors (Lipinski definition) is 1. The van der Waals surface area contributed by atoms with Gasteiger partial charge >= 0.3 is 0 Å². The Morgan fingerprint density at radius 3 is 2.57 bits per heavy atom. The first-order chi connectivity index (χ1) is 10.1. The first kappa shape index (κ1) is 14.0. The van der Waals surface area contributed by atoms with Crippen molar-refractivity contribution in [1.82, 2.24) is 10.5 Å². The molecule has 0 spiro atoms. The summed E-state index contributed by atoms with van der Waals surface area (Å²) in [6.45, 7) is 2.16. The third-order valence-corrected chi connectivity index (χ3v) is 3.27. The van der Waals surface area contributed by atoms with E-state index in [0.717, 1.165) is 12.8 Å². The molecule has 0 bridgehead atoms. The minimum absolute atomic E-state index is 0.0369. The maximum atomic E-state index is 13.9. The Balaban J connectivity index is 1.66. The molecule has 0 aliphatic heterocycles. The third kappa shape index (κ3) is 3.58. The molecule has 1 fully saturated rings. The summed E-state index contributed by atoms with van der Waals surface area (Å²) >= 11 is 0. The second-order valence-electron chi connectivity index (χ2n) is 5.26. The number of hydrogen-bond acceptors (Lipinski definition) is 4.